The average molecular weight is 234 g/mol. The number of carbonyl (C=O) groups excluding carboxylic acids is 1. The highest BCUT2D eigenvalue weighted by molar-refractivity contribution is 5.92. The highest BCUT2D eigenvalue weighted by Crippen LogP contribution is 2.27. The van der Waals surface area contributed by atoms with Crippen molar-refractivity contribution in [1.82, 2.24) is 19.4 Å². The van der Waals surface area contributed by atoms with Crippen LogP contribution < -0.4 is 0 Å². The van der Waals surface area contributed by atoms with Gasteiger partial charge >= 0.3 is 0 Å². The van der Waals surface area contributed by atoms with Gasteiger partial charge in [-0.15, -0.1) is 0 Å². The molecule has 1 saturated heterocycles. The zero-order valence-electron chi connectivity index (χ0n) is 10.2. The minimum absolute atomic E-state index is 0.0704. The Morgan fingerprint density at radius 2 is 2.00 bits per heavy atom. The minimum Gasteiger partial charge on any atom is -0.340 e. The molecule has 2 heterocycles. The number of piperazine rings is 1. The van der Waals surface area contributed by atoms with E-state index in [1.807, 2.05) is 16.5 Å². The summed E-state index contributed by atoms with van der Waals surface area (Å²) in [7, 11) is 1.88. The number of imidazole rings is 1. The second-order valence-electron chi connectivity index (χ2n) is 4.98. The summed E-state index contributed by atoms with van der Waals surface area (Å²) in [5, 5.41) is 0. The van der Waals surface area contributed by atoms with Gasteiger partial charge in [0.15, 0.2) is 0 Å². The van der Waals surface area contributed by atoms with E-state index in [4.69, 9.17) is 0 Å². The quantitative estimate of drug-likeness (QED) is 0.741. The molecule has 3 rings (SSSR count). The normalized spacial score (nSPS) is 21.8. The summed E-state index contributed by atoms with van der Waals surface area (Å²) >= 11 is 0. The van der Waals surface area contributed by atoms with Gasteiger partial charge in [0, 0.05) is 45.5 Å². The first-order chi connectivity index (χ1) is 8.24. The SMILES string of the molecule is Cn1cnc(C(=O)N2CCN(C3CC3)CC2)c1. The fourth-order valence-electron chi connectivity index (χ4n) is 2.42. The Morgan fingerprint density at radius 1 is 1.29 bits per heavy atom. The van der Waals surface area contributed by atoms with E-state index in [1.54, 1.807) is 12.5 Å². The Kier molecular flexibility index (Phi) is 2.63. The molecule has 0 unspecified atom stereocenters. The predicted molar refractivity (Wildman–Crippen MR) is 63.7 cm³/mol. The summed E-state index contributed by atoms with van der Waals surface area (Å²) in [6.07, 6.45) is 6.14. The number of aryl methyl sites for hydroxylation is 1. The fourth-order valence-corrected chi connectivity index (χ4v) is 2.42. The second kappa shape index (κ2) is 4.14. The Hall–Kier alpha value is -1.36. The zero-order valence-corrected chi connectivity index (χ0v) is 10.2. The molecule has 1 aromatic rings. The minimum atomic E-state index is 0.0704. The maximum absolute atomic E-state index is 12.1. The molecule has 0 spiro atoms. The van der Waals surface area contributed by atoms with Crippen molar-refractivity contribution < 1.29 is 4.79 Å². The standard InChI is InChI=1S/C12H18N4O/c1-14-8-11(13-9-14)12(17)16-6-4-15(5-7-16)10-2-3-10/h8-10H,2-7H2,1H3. The molecule has 0 atom stereocenters. The van der Waals surface area contributed by atoms with Gasteiger partial charge in [-0.05, 0) is 12.8 Å². The highest BCUT2D eigenvalue weighted by Gasteiger charge is 2.32. The number of hydrogen-bond acceptors (Lipinski definition) is 3. The van der Waals surface area contributed by atoms with Crippen LogP contribution in [-0.2, 0) is 7.05 Å². The van der Waals surface area contributed by atoms with E-state index >= 15 is 0 Å². The summed E-state index contributed by atoms with van der Waals surface area (Å²) in [5.74, 6) is 0.0704. The van der Waals surface area contributed by atoms with Crippen LogP contribution in [0.5, 0.6) is 0 Å². The number of carbonyl (C=O) groups is 1. The van der Waals surface area contributed by atoms with Gasteiger partial charge in [-0.2, -0.15) is 0 Å². The lowest BCUT2D eigenvalue weighted by Gasteiger charge is -2.34. The van der Waals surface area contributed by atoms with Crippen LogP contribution in [0.3, 0.4) is 0 Å². The van der Waals surface area contributed by atoms with Crippen LogP contribution in [0.2, 0.25) is 0 Å². The third-order valence-electron chi connectivity index (χ3n) is 3.59. The van der Waals surface area contributed by atoms with Gasteiger partial charge in [-0.3, -0.25) is 9.69 Å². The molecule has 1 aromatic heterocycles. The Labute approximate surface area is 101 Å². The molecule has 1 amide bonds. The molecule has 0 radical (unpaired) electrons. The molecule has 0 bridgehead atoms. The number of aromatic nitrogens is 2. The van der Waals surface area contributed by atoms with Gasteiger partial charge in [0.2, 0.25) is 0 Å². The largest absolute Gasteiger partial charge is 0.340 e. The van der Waals surface area contributed by atoms with E-state index < -0.39 is 0 Å². The smallest absolute Gasteiger partial charge is 0.274 e. The van der Waals surface area contributed by atoms with Crippen LogP contribution >= 0.6 is 0 Å². The van der Waals surface area contributed by atoms with Crippen molar-refractivity contribution in [3.05, 3.63) is 18.2 Å². The van der Waals surface area contributed by atoms with Gasteiger partial charge in [-0.1, -0.05) is 0 Å². The van der Waals surface area contributed by atoms with Gasteiger partial charge in [0.1, 0.15) is 5.69 Å². The molecule has 2 aliphatic rings. The van der Waals surface area contributed by atoms with E-state index in [1.165, 1.54) is 12.8 Å². The van der Waals surface area contributed by atoms with Crippen molar-refractivity contribution in [3.8, 4) is 0 Å². The van der Waals surface area contributed by atoms with Crippen LogP contribution in [0.25, 0.3) is 0 Å². The molecule has 92 valence electrons. The van der Waals surface area contributed by atoms with Crippen molar-refractivity contribution in [3.63, 3.8) is 0 Å². The van der Waals surface area contributed by atoms with Crippen molar-refractivity contribution in [1.29, 1.82) is 0 Å². The Bertz CT molecular complexity index is 416. The summed E-state index contributed by atoms with van der Waals surface area (Å²) in [6, 6.07) is 0.808. The lowest BCUT2D eigenvalue weighted by atomic mass is 10.3. The van der Waals surface area contributed by atoms with Crippen molar-refractivity contribution in [2.45, 2.75) is 18.9 Å². The van der Waals surface area contributed by atoms with Crippen molar-refractivity contribution in [2.75, 3.05) is 26.2 Å². The first-order valence-electron chi connectivity index (χ1n) is 6.25. The molecule has 2 fully saturated rings. The predicted octanol–water partition coefficient (Wildman–Crippen LogP) is 0.340. The van der Waals surface area contributed by atoms with Crippen molar-refractivity contribution in [2.24, 2.45) is 7.05 Å². The number of rotatable bonds is 2. The lowest BCUT2D eigenvalue weighted by molar-refractivity contribution is 0.0622. The summed E-state index contributed by atoms with van der Waals surface area (Å²) in [4.78, 5) is 20.7. The topological polar surface area (TPSA) is 41.4 Å². The maximum Gasteiger partial charge on any atom is 0.274 e. The van der Waals surface area contributed by atoms with Crippen LogP contribution in [0.4, 0.5) is 0 Å². The van der Waals surface area contributed by atoms with E-state index in [2.05, 4.69) is 9.88 Å². The summed E-state index contributed by atoms with van der Waals surface area (Å²) < 4.78 is 1.81. The number of amides is 1. The van der Waals surface area contributed by atoms with E-state index in [-0.39, 0.29) is 5.91 Å². The highest BCUT2D eigenvalue weighted by atomic mass is 16.2. The monoisotopic (exact) mass is 234 g/mol. The van der Waals surface area contributed by atoms with Crippen LogP contribution in [0.15, 0.2) is 12.5 Å². The van der Waals surface area contributed by atoms with E-state index in [9.17, 15) is 4.79 Å². The van der Waals surface area contributed by atoms with Gasteiger partial charge < -0.3 is 9.47 Å². The Balaban J connectivity index is 1.60. The summed E-state index contributed by atoms with van der Waals surface area (Å²) in [5.41, 5.74) is 0.562. The molecular weight excluding hydrogens is 216 g/mol. The van der Waals surface area contributed by atoms with Gasteiger partial charge in [0.25, 0.3) is 5.91 Å². The first kappa shape index (κ1) is 10.8. The van der Waals surface area contributed by atoms with Gasteiger partial charge in [-0.25, -0.2) is 4.98 Å². The molecule has 0 aromatic carbocycles. The zero-order chi connectivity index (χ0) is 11.8. The van der Waals surface area contributed by atoms with Crippen LogP contribution in [0, 0.1) is 0 Å². The van der Waals surface area contributed by atoms with E-state index in [0.717, 1.165) is 32.2 Å². The molecule has 0 N–H and O–H groups in total. The number of nitrogens with zero attached hydrogens (tertiary/aromatic N) is 4. The molecule has 17 heavy (non-hydrogen) atoms. The second-order valence-corrected chi connectivity index (χ2v) is 4.98. The van der Waals surface area contributed by atoms with Gasteiger partial charge in [0.05, 0.1) is 6.33 Å². The van der Waals surface area contributed by atoms with Crippen molar-refractivity contribution >= 4 is 5.91 Å². The molecule has 1 aliphatic heterocycles. The van der Waals surface area contributed by atoms with E-state index in [0.29, 0.717) is 5.69 Å². The maximum atomic E-state index is 12.1. The molecule has 5 nitrogen and oxygen atoms in total. The summed E-state index contributed by atoms with van der Waals surface area (Å²) in [6.45, 7) is 3.71. The average Bonchev–Trinajstić information content (AvgIpc) is 3.11. The van der Waals surface area contributed by atoms with Crippen LogP contribution in [0.1, 0.15) is 23.3 Å². The first-order valence-corrected chi connectivity index (χ1v) is 6.25. The third-order valence-corrected chi connectivity index (χ3v) is 3.59. The molecule has 1 aliphatic carbocycles. The molecular formula is C12H18N4O. The number of hydrogen-bond donors (Lipinski definition) is 0. The molecule has 1 saturated carbocycles. The lowest BCUT2D eigenvalue weighted by Crippen LogP contribution is -2.49. The third kappa shape index (κ3) is 2.20. The fraction of sp³-hybridized carbons (Fsp3) is 0.667. The Morgan fingerprint density at radius 3 is 2.53 bits per heavy atom. The van der Waals surface area contributed by atoms with Crippen LogP contribution in [-0.4, -0.2) is 57.5 Å². The molecule has 5 heteroatoms.